The van der Waals surface area contributed by atoms with Crippen molar-refractivity contribution in [2.45, 2.75) is 51.0 Å². The first-order chi connectivity index (χ1) is 9.81. The number of hydrogen-bond acceptors (Lipinski definition) is 3. The van der Waals surface area contributed by atoms with Gasteiger partial charge in [-0.05, 0) is 31.4 Å². The zero-order valence-electron chi connectivity index (χ0n) is 11.9. The van der Waals surface area contributed by atoms with Gasteiger partial charge in [0.2, 0.25) is 0 Å². The van der Waals surface area contributed by atoms with E-state index in [9.17, 15) is 0 Å². The second-order valence-electron chi connectivity index (χ2n) is 5.75. The molecule has 1 saturated carbocycles. The summed E-state index contributed by atoms with van der Waals surface area (Å²) in [5, 5.41) is 9.13. The first kappa shape index (κ1) is 13.4. The third-order valence-electron chi connectivity index (χ3n) is 4.35. The molecule has 20 heavy (non-hydrogen) atoms. The van der Waals surface area contributed by atoms with Gasteiger partial charge in [0.25, 0.3) is 0 Å². The molecule has 4 heteroatoms. The molecule has 0 amide bonds. The number of para-hydroxylation sites is 1. The SMILES string of the molecule is Nc1cccc2c1nc(C1CCCCC1)n2CCCO. The Labute approximate surface area is 119 Å². The zero-order chi connectivity index (χ0) is 13.9. The van der Waals surface area contributed by atoms with Crippen molar-refractivity contribution in [3.05, 3.63) is 24.0 Å². The highest BCUT2D eigenvalue weighted by Crippen LogP contribution is 2.35. The summed E-state index contributed by atoms with van der Waals surface area (Å²) < 4.78 is 2.28. The molecule has 3 rings (SSSR count). The molecule has 1 aromatic carbocycles. The second kappa shape index (κ2) is 5.83. The Hall–Kier alpha value is -1.55. The van der Waals surface area contributed by atoms with E-state index in [-0.39, 0.29) is 6.61 Å². The van der Waals surface area contributed by atoms with E-state index in [0.29, 0.717) is 5.92 Å². The number of aromatic nitrogens is 2. The molecule has 0 spiro atoms. The molecule has 0 atom stereocenters. The molecule has 1 heterocycles. The smallest absolute Gasteiger partial charge is 0.113 e. The van der Waals surface area contributed by atoms with Gasteiger partial charge in [0, 0.05) is 19.1 Å². The third kappa shape index (κ3) is 2.40. The zero-order valence-corrected chi connectivity index (χ0v) is 11.9. The van der Waals surface area contributed by atoms with Crippen LogP contribution in [0.25, 0.3) is 11.0 Å². The summed E-state index contributed by atoms with van der Waals surface area (Å²) in [6, 6.07) is 5.98. The van der Waals surface area contributed by atoms with Crippen LogP contribution in [-0.2, 0) is 6.54 Å². The normalized spacial score (nSPS) is 16.9. The van der Waals surface area contributed by atoms with Crippen LogP contribution in [0.3, 0.4) is 0 Å². The Balaban J connectivity index is 2.06. The molecular formula is C16H23N3O. The van der Waals surface area contributed by atoms with Gasteiger partial charge >= 0.3 is 0 Å². The number of nitrogen functional groups attached to an aromatic ring is 1. The minimum atomic E-state index is 0.214. The van der Waals surface area contributed by atoms with Crippen LogP contribution in [0.2, 0.25) is 0 Å². The number of rotatable bonds is 4. The lowest BCUT2D eigenvalue weighted by atomic mass is 9.88. The number of anilines is 1. The van der Waals surface area contributed by atoms with E-state index < -0.39 is 0 Å². The van der Waals surface area contributed by atoms with Crippen LogP contribution in [0.5, 0.6) is 0 Å². The molecule has 4 nitrogen and oxygen atoms in total. The number of aliphatic hydroxyl groups excluding tert-OH is 1. The molecule has 1 aromatic heterocycles. The van der Waals surface area contributed by atoms with Gasteiger partial charge in [0.1, 0.15) is 11.3 Å². The molecular weight excluding hydrogens is 250 g/mol. The fourth-order valence-corrected chi connectivity index (χ4v) is 3.32. The van der Waals surface area contributed by atoms with Crippen molar-refractivity contribution in [1.82, 2.24) is 9.55 Å². The maximum Gasteiger partial charge on any atom is 0.113 e. The van der Waals surface area contributed by atoms with Gasteiger partial charge in [-0.25, -0.2) is 4.98 Å². The fraction of sp³-hybridized carbons (Fsp3) is 0.562. The lowest BCUT2D eigenvalue weighted by molar-refractivity contribution is 0.278. The van der Waals surface area contributed by atoms with E-state index in [2.05, 4.69) is 10.6 Å². The molecule has 1 fully saturated rings. The summed E-state index contributed by atoms with van der Waals surface area (Å²) in [6.45, 7) is 1.04. The van der Waals surface area contributed by atoms with Crippen LogP contribution in [0.4, 0.5) is 5.69 Å². The summed E-state index contributed by atoms with van der Waals surface area (Å²) in [6.07, 6.45) is 7.15. The summed E-state index contributed by atoms with van der Waals surface area (Å²) in [5.74, 6) is 1.72. The molecule has 3 N–H and O–H groups in total. The molecule has 1 aliphatic carbocycles. The average molecular weight is 273 g/mol. The monoisotopic (exact) mass is 273 g/mol. The number of aliphatic hydroxyl groups is 1. The Morgan fingerprint density at radius 3 is 2.80 bits per heavy atom. The van der Waals surface area contributed by atoms with Crippen molar-refractivity contribution in [3.8, 4) is 0 Å². The number of imidazole rings is 1. The lowest BCUT2D eigenvalue weighted by Crippen LogP contribution is -2.13. The van der Waals surface area contributed by atoms with Gasteiger partial charge in [-0.1, -0.05) is 25.3 Å². The predicted octanol–water partition coefficient (Wildman–Crippen LogP) is 3.05. The first-order valence-corrected chi connectivity index (χ1v) is 7.66. The summed E-state index contributed by atoms with van der Waals surface area (Å²) >= 11 is 0. The molecule has 1 aliphatic rings. The van der Waals surface area contributed by atoms with Crippen molar-refractivity contribution in [2.75, 3.05) is 12.3 Å². The predicted molar refractivity (Wildman–Crippen MR) is 81.7 cm³/mol. The highest BCUT2D eigenvalue weighted by atomic mass is 16.3. The van der Waals surface area contributed by atoms with E-state index in [0.717, 1.165) is 29.7 Å². The first-order valence-electron chi connectivity index (χ1n) is 7.66. The molecule has 0 bridgehead atoms. The Kier molecular flexibility index (Phi) is 3.92. The van der Waals surface area contributed by atoms with Gasteiger partial charge in [-0.15, -0.1) is 0 Å². The number of hydrogen-bond donors (Lipinski definition) is 2. The molecule has 0 unspecified atom stereocenters. The number of benzene rings is 1. The average Bonchev–Trinajstić information content (AvgIpc) is 2.86. The Bertz CT molecular complexity index is 585. The number of nitrogens with two attached hydrogens (primary N) is 1. The largest absolute Gasteiger partial charge is 0.397 e. The fourth-order valence-electron chi connectivity index (χ4n) is 3.32. The number of nitrogens with zero attached hydrogens (tertiary/aromatic N) is 2. The topological polar surface area (TPSA) is 64.1 Å². The van der Waals surface area contributed by atoms with Crippen molar-refractivity contribution >= 4 is 16.7 Å². The Morgan fingerprint density at radius 2 is 2.05 bits per heavy atom. The van der Waals surface area contributed by atoms with Crippen molar-refractivity contribution in [3.63, 3.8) is 0 Å². The second-order valence-corrected chi connectivity index (χ2v) is 5.75. The van der Waals surface area contributed by atoms with Crippen molar-refractivity contribution in [1.29, 1.82) is 0 Å². The molecule has 0 radical (unpaired) electrons. The summed E-state index contributed by atoms with van der Waals surface area (Å²) in [5.41, 5.74) is 8.86. The minimum Gasteiger partial charge on any atom is -0.397 e. The molecule has 2 aromatic rings. The number of aryl methyl sites for hydroxylation is 1. The van der Waals surface area contributed by atoms with Crippen LogP contribution in [0, 0.1) is 0 Å². The van der Waals surface area contributed by atoms with E-state index >= 15 is 0 Å². The molecule has 0 aliphatic heterocycles. The van der Waals surface area contributed by atoms with Crippen molar-refractivity contribution in [2.24, 2.45) is 0 Å². The van der Waals surface area contributed by atoms with Gasteiger partial charge in [-0.3, -0.25) is 0 Å². The van der Waals surface area contributed by atoms with Crippen LogP contribution in [-0.4, -0.2) is 21.3 Å². The van der Waals surface area contributed by atoms with E-state index in [1.807, 2.05) is 12.1 Å². The highest BCUT2D eigenvalue weighted by Gasteiger charge is 2.22. The quantitative estimate of drug-likeness (QED) is 0.841. The van der Waals surface area contributed by atoms with E-state index in [1.165, 1.54) is 37.9 Å². The maximum absolute atomic E-state index is 9.13. The third-order valence-corrected chi connectivity index (χ3v) is 4.35. The van der Waals surface area contributed by atoms with Crippen molar-refractivity contribution < 1.29 is 5.11 Å². The summed E-state index contributed by atoms with van der Waals surface area (Å²) in [4.78, 5) is 4.85. The standard InChI is InChI=1S/C16H23N3O/c17-13-8-4-9-14-15(13)18-16(19(14)10-5-11-20)12-6-2-1-3-7-12/h4,8-9,12,20H,1-3,5-7,10-11,17H2. The molecule has 108 valence electrons. The maximum atomic E-state index is 9.13. The van der Waals surface area contributed by atoms with Gasteiger partial charge in [0.15, 0.2) is 0 Å². The van der Waals surface area contributed by atoms with Gasteiger partial charge < -0.3 is 15.4 Å². The van der Waals surface area contributed by atoms with E-state index in [1.54, 1.807) is 0 Å². The van der Waals surface area contributed by atoms with E-state index in [4.69, 9.17) is 15.8 Å². The van der Waals surface area contributed by atoms with Crippen LogP contribution >= 0.6 is 0 Å². The number of fused-ring (bicyclic) bond motifs is 1. The lowest BCUT2D eigenvalue weighted by Gasteiger charge is -2.22. The molecule has 0 saturated heterocycles. The van der Waals surface area contributed by atoms with Crippen LogP contribution in [0.15, 0.2) is 18.2 Å². The minimum absolute atomic E-state index is 0.214. The van der Waals surface area contributed by atoms with Crippen LogP contribution < -0.4 is 5.73 Å². The van der Waals surface area contributed by atoms with Crippen LogP contribution in [0.1, 0.15) is 50.3 Å². The summed E-state index contributed by atoms with van der Waals surface area (Å²) in [7, 11) is 0. The Morgan fingerprint density at radius 1 is 1.25 bits per heavy atom. The van der Waals surface area contributed by atoms with Gasteiger partial charge in [-0.2, -0.15) is 0 Å². The van der Waals surface area contributed by atoms with Gasteiger partial charge in [0.05, 0.1) is 11.2 Å². The highest BCUT2D eigenvalue weighted by molar-refractivity contribution is 5.87.